The van der Waals surface area contributed by atoms with E-state index >= 15 is 0 Å². The highest BCUT2D eigenvalue weighted by atomic mass is 35.5. The Kier molecular flexibility index (Phi) is 5.82. The van der Waals surface area contributed by atoms with Crippen molar-refractivity contribution in [3.63, 3.8) is 0 Å². The van der Waals surface area contributed by atoms with Crippen LogP contribution in [0.25, 0.3) is 0 Å². The summed E-state index contributed by atoms with van der Waals surface area (Å²) in [6.07, 6.45) is 1.57. The number of hydrogen-bond donors (Lipinski definition) is 2. The van der Waals surface area contributed by atoms with Crippen molar-refractivity contribution in [3.05, 3.63) is 68.1 Å². The molecule has 0 atom stereocenters. The number of hydrazine groups is 1. The smallest absolute Gasteiger partial charge is 0.275 e. The molecule has 0 aliphatic carbocycles. The minimum Gasteiger partial charge on any atom is -0.375 e. The second kappa shape index (κ2) is 7.65. The lowest BCUT2D eigenvalue weighted by atomic mass is 10.2. The van der Waals surface area contributed by atoms with Crippen molar-refractivity contribution in [1.29, 1.82) is 0 Å². The van der Waals surface area contributed by atoms with E-state index in [9.17, 15) is 9.59 Å². The monoisotopic (exact) mass is 384 g/mol. The number of hydrogen-bond acceptors (Lipinski definition) is 3. The summed E-state index contributed by atoms with van der Waals surface area (Å²) in [6.45, 7) is 0.209. The molecule has 1 aromatic heterocycles. The van der Waals surface area contributed by atoms with E-state index in [0.29, 0.717) is 15.6 Å². The molecule has 2 aromatic rings. The highest BCUT2D eigenvalue weighted by Gasteiger charge is 2.15. The van der Waals surface area contributed by atoms with Gasteiger partial charge in [-0.3, -0.25) is 20.0 Å². The van der Waals surface area contributed by atoms with Crippen molar-refractivity contribution in [2.24, 2.45) is 5.73 Å². The van der Waals surface area contributed by atoms with Crippen LogP contribution in [0.5, 0.6) is 0 Å². The molecule has 0 aliphatic rings. The first kappa shape index (κ1) is 18.3. The molecule has 2 rings (SSSR count). The van der Waals surface area contributed by atoms with Gasteiger partial charge >= 0.3 is 0 Å². The van der Waals surface area contributed by atoms with Gasteiger partial charge in [0.15, 0.2) is 5.11 Å². The minimum atomic E-state index is -0.605. The molecule has 0 aliphatic heterocycles. The molecule has 0 spiro atoms. The number of nitrogens with one attached hydrogen (secondary N) is 1. The van der Waals surface area contributed by atoms with Gasteiger partial charge in [-0.2, -0.15) is 0 Å². The topological polar surface area (TPSA) is 80.4 Å². The van der Waals surface area contributed by atoms with Crippen LogP contribution < -0.4 is 16.7 Å². The fraction of sp³-hybridized carbons (Fsp3) is 0.133. The van der Waals surface area contributed by atoms with Gasteiger partial charge in [-0.25, -0.2) is 0 Å². The third-order valence-corrected chi connectivity index (χ3v) is 4.08. The summed E-state index contributed by atoms with van der Waals surface area (Å²) in [4.78, 5) is 24.7. The standard InChI is InChI=1S/C15H14Cl2N4O2S/c1-20(15(18)24)19-13(22)11-3-2-6-21(14(11)23)8-9-4-5-10(16)7-12(9)17/h2-7H,8H2,1H3,(H2,18,24)(H,19,22). The van der Waals surface area contributed by atoms with Crippen molar-refractivity contribution < 1.29 is 4.79 Å². The molecule has 9 heteroatoms. The largest absolute Gasteiger partial charge is 0.375 e. The molecule has 0 radical (unpaired) electrons. The second-order valence-corrected chi connectivity index (χ2v) is 6.19. The summed E-state index contributed by atoms with van der Waals surface area (Å²) in [5, 5.41) is 2.08. The lowest BCUT2D eigenvalue weighted by Crippen LogP contribution is -2.47. The molecular formula is C15H14Cl2N4O2S. The molecule has 0 unspecified atom stereocenters. The van der Waals surface area contributed by atoms with Crippen LogP contribution in [0.15, 0.2) is 41.3 Å². The predicted octanol–water partition coefficient (Wildman–Crippen LogP) is 2.02. The quantitative estimate of drug-likeness (QED) is 0.624. The fourth-order valence-corrected chi connectivity index (χ4v) is 2.45. The van der Waals surface area contributed by atoms with Gasteiger partial charge in [0, 0.05) is 23.3 Å². The number of carbonyl (C=O) groups excluding carboxylic acids is 1. The third-order valence-electron chi connectivity index (χ3n) is 3.22. The summed E-state index contributed by atoms with van der Waals surface area (Å²) >= 11 is 16.7. The van der Waals surface area contributed by atoms with Gasteiger partial charge in [-0.1, -0.05) is 29.3 Å². The maximum Gasteiger partial charge on any atom is 0.275 e. The number of pyridine rings is 1. The van der Waals surface area contributed by atoms with Crippen LogP contribution in [0.2, 0.25) is 10.0 Å². The van der Waals surface area contributed by atoms with Crippen molar-refractivity contribution >= 4 is 46.4 Å². The normalized spacial score (nSPS) is 10.3. The molecule has 0 saturated carbocycles. The number of nitrogens with zero attached hydrogens (tertiary/aromatic N) is 2. The number of nitrogens with two attached hydrogens (primary N) is 1. The van der Waals surface area contributed by atoms with Gasteiger partial charge in [0.25, 0.3) is 11.5 Å². The summed E-state index contributed by atoms with van der Waals surface area (Å²) < 4.78 is 1.38. The predicted molar refractivity (Wildman–Crippen MR) is 98.3 cm³/mol. The zero-order chi connectivity index (χ0) is 17.9. The highest BCUT2D eigenvalue weighted by molar-refractivity contribution is 7.80. The summed E-state index contributed by atoms with van der Waals surface area (Å²) in [6, 6.07) is 8.02. The Hall–Kier alpha value is -2.09. The van der Waals surface area contributed by atoms with Crippen molar-refractivity contribution in [1.82, 2.24) is 15.0 Å². The molecule has 0 fully saturated rings. The first-order valence-corrected chi connectivity index (χ1v) is 7.93. The van der Waals surface area contributed by atoms with E-state index in [1.54, 1.807) is 30.5 Å². The van der Waals surface area contributed by atoms with E-state index in [2.05, 4.69) is 5.43 Å². The second-order valence-electron chi connectivity index (χ2n) is 4.93. The summed E-state index contributed by atoms with van der Waals surface area (Å²) in [5.74, 6) is -0.605. The van der Waals surface area contributed by atoms with E-state index < -0.39 is 11.5 Å². The van der Waals surface area contributed by atoms with Crippen molar-refractivity contribution in [3.8, 4) is 0 Å². The maximum atomic E-state index is 12.5. The van der Waals surface area contributed by atoms with Crippen molar-refractivity contribution in [2.45, 2.75) is 6.54 Å². The van der Waals surface area contributed by atoms with E-state index in [0.717, 1.165) is 5.01 Å². The Morgan fingerprint density at radius 1 is 1.38 bits per heavy atom. The Bertz CT molecular complexity index is 854. The molecule has 0 saturated heterocycles. The Morgan fingerprint density at radius 3 is 2.71 bits per heavy atom. The van der Waals surface area contributed by atoms with Gasteiger partial charge in [0.1, 0.15) is 5.56 Å². The SMILES string of the molecule is CN(NC(=O)c1cccn(Cc2ccc(Cl)cc2Cl)c1=O)C(N)=S. The van der Waals surface area contributed by atoms with Crippen LogP contribution in [0.4, 0.5) is 0 Å². The molecule has 6 nitrogen and oxygen atoms in total. The van der Waals surface area contributed by atoms with Gasteiger partial charge in [-0.15, -0.1) is 0 Å². The van der Waals surface area contributed by atoms with Gasteiger partial charge < -0.3 is 10.3 Å². The van der Waals surface area contributed by atoms with Crippen molar-refractivity contribution in [2.75, 3.05) is 7.05 Å². The highest BCUT2D eigenvalue weighted by Crippen LogP contribution is 2.21. The van der Waals surface area contributed by atoms with Crippen LogP contribution >= 0.6 is 35.4 Å². The number of halogens is 2. The average Bonchev–Trinajstić information content (AvgIpc) is 2.51. The minimum absolute atomic E-state index is 0.0208. The van der Waals surface area contributed by atoms with Gasteiger partial charge in [0.05, 0.1) is 6.54 Å². The van der Waals surface area contributed by atoms with E-state index in [1.807, 2.05) is 0 Å². The van der Waals surface area contributed by atoms with Gasteiger partial charge in [-0.05, 0) is 42.0 Å². The molecule has 126 valence electrons. The molecule has 1 amide bonds. The van der Waals surface area contributed by atoms with Crippen LogP contribution in [-0.4, -0.2) is 27.6 Å². The Balaban J connectivity index is 2.29. The molecule has 0 bridgehead atoms. The number of benzene rings is 1. The summed E-state index contributed by atoms with van der Waals surface area (Å²) in [5.41, 5.74) is 8.02. The van der Waals surface area contributed by atoms with E-state index in [4.69, 9.17) is 41.2 Å². The number of carbonyl (C=O) groups is 1. The zero-order valence-corrected chi connectivity index (χ0v) is 15.0. The number of rotatable bonds is 3. The Morgan fingerprint density at radius 2 is 2.08 bits per heavy atom. The van der Waals surface area contributed by atoms with Crippen LogP contribution in [0, 0.1) is 0 Å². The van der Waals surface area contributed by atoms with E-state index in [-0.39, 0.29) is 17.2 Å². The van der Waals surface area contributed by atoms with Crippen LogP contribution in [0.3, 0.4) is 0 Å². The van der Waals surface area contributed by atoms with E-state index in [1.165, 1.54) is 17.7 Å². The number of aromatic nitrogens is 1. The number of thiocarbonyl (C=S) groups is 1. The molecular weight excluding hydrogens is 371 g/mol. The van der Waals surface area contributed by atoms with Gasteiger partial charge in [0.2, 0.25) is 0 Å². The molecule has 3 N–H and O–H groups in total. The number of amides is 1. The summed E-state index contributed by atoms with van der Waals surface area (Å²) in [7, 11) is 1.48. The zero-order valence-electron chi connectivity index (χ0n) is 12.6. The first-order valence-electron chi connectivity index (χ1n) is 6.77. The molecule has 1 heterocycles. The maximum absolute atomic E-state index is 12.5. The average molecular weight is 385 g/mol. The molecule has 24 heavy (non-hydrogen) atoms. The van der Waals surface area contributed by atoms with Crippen LogP contribution in [0.1, 0.15) is 15.9 Å². The fourth-order valence-electron chi connectivity index (χ4n) is 1.94. The molecule has 1 aromatic carbocycles. The Labute approximate surface area is 153 Å². The third kappa shape index (κ3) is 4.25. The lowest BCUT2D eigenvalue weighted by Gasteiger charge is -2.17. The van der Waals surface area contributed by atoms with Crippen LogP contribution in [-0.2, 0) is 6.54 Å². The first-order chi connectivity index (χ1) is 11.3. The lowest BCUT2D eigenvalue weighted by molar-refractivity contribution is 0.0885.